The van der Waals surface area contributed by atoms with E-state index < -0.39 is 0 Å². The molecular weight excluding hydrogens is 342 g/mol. The van der Waals surface area contributed by atoms with Crippen LogP contribution in [0.5, 0.6) is 0 Å². The first-order chi connectivity index (χ1) is 13.8. The average Bonchev–Trinajstić information content (AvgIpc) is 3.15. The van der Waals surface area contributed by atoms with Crippen LogP contribution in [-0.4, -0.2) is 23.0 Å². The maximum Gasteiger partial charge on any atom is 0.292 e. The Labute approximate surface area is 168 Å². The average molecular weight is 373 g/mol. The second-order valence-electron chi connectivity index (χ2n) is 8.07. The Hall–Kier alpha value is -2.57. The maximum absolute atomic E-state index is 4.72. The number of para-hydroxylation sites is 1. The van der Waals surface area contributed by atoms with Gasteiger partial charge in [0.15, 0.2) is 0 Å². The standard InChI is InChI=1S/C25H30N3/c1-28(19-23-16-22-14-8-9-15-24(22)27-23)25(21-12-6-3-7-13-21)18-26-17-20-10-4-2-5-11-20/h2,4-5,8-11,14-16,21,25,27H,3,6-7,12-13,17,19H2,1H3/q+1. The minimum Gasteiger partial charge on any atom is -0.357 e. The van der Waals surface area contributed by atoms with Crippen molar-refractivity contribution in [3.8, 4) is 6.07 Å². The van der Waals surface area contributed by atoms with Gasteiger partial charge in [-0.25, -0.2) is 0 Å². The van der Waals surface area contributed by atoms with E-state index in [9.17, 15) is 0 Å². The topological polar surface area (TPSA) is 23.4 Å². The zero-order valence-corrected chi connectivity index (χ0v) is 16.8. The fraction of sp³-hybridized carbons (Fsp3) is 0.400. The highest BCUT2D eigenvalue weighted by Crippen LogP contribution is 2.29. The maximum atomic E-state index is 4.72. The number of benzene rings is 2. The van der Waals surface area contributed by atoms with Crippen LogP contribution in [0.4, 0.5) is 0 Å². The molecule has 0 bridgehead atoms. The van der Waals surface area contributed by atoms with E-state index in [0.717, 1.165) is 6.54 Å². The molecule has 1 unspecified atom stereocenters. The Balaban J connectivity index is 1.50. The normalized spacial score (nSPS) is 16.1. The summed E-state index contributed by atoms with van der Waals surface area (Å²) in [5.74, 6) is 0.655. The molecule has 1 aliphatic carbocycles. The fourth-order valence-corrected chi connectivity index (χ4v) is 4.41. The molecule has 1 fully saturated rings. The molecule has 1 atom stereocenters. The summed E-state index contributed by atoms with van der Waals surface area (Å²) in [6, 6.07) is 25.0. The van der Waals surface area contributed by atoms with Crippen LogP contribution in [0.25, 0.3) is 15.7 Å². The van der Waals surface area contributed by atoms with Gasteiger partial charge in [0.25, 0.3) is 12.6 Å². The molecule has 1 aromatic heterocycles. The summed E-state index contributed by atoms with van der Waals surface area (Å²) in [7, 11) is 2.22. The number of aromatic nitrogens is 1. The van der Waals surface area contributed by atoms with Crippen LogP contribution in [0, 0.1) is 12.0 Å². The van der Waals surface area contributed by atoms with Gasteiger partial charge in [0.1, 0.15) is 6.04 Å². The summed E-state index contributed by atoms with van der Waals surface area (Å²) >= 11 is 0. The summed E-state index contributed by atoms with van der Waals surface area (Å²) in [6.07, 6.45) is 6.62. The van der Waals surface area contributed by atoms with Gasteiger partial charge in [-0.15, -0.1) is 0 Å². The molecule has 1 aliphatic rings. The Morgan fingerprint density at radius 3 is 2.57 bits per heavy atom. The predicted molar refractivity (Wildman–Crippen MR) is 118 cm³/mol. The number of nitrogens with one attached hydrogen (secondary N) is 1. The molecule has 3 nitrogen and oxygen atoms in total. The third kappa shape index (κ3) is 4.64. The Bertz CT molecular complexity index is 909. The van der Waals surface area contributed by atoms with Crippen molar-refractivity contribution in [1.29, 1.82) is 0 Å². The van der Waals surface area contributed by atoms with Gasteiger partial charge in [0.2, 0.25) is 0 Å². The lowest BCUT2D eigenvalue weighted by molar-refractivity contribution is 0.178. The summed E-state index contributed by atoms with van der Waals surface area (Å²) < 4.78 is 0. The molecule has 0 spiro atoms. The third-order valence-corrected chi connectivity index (χ3v) is 5.90. The van der Waals surface area contributed by atoms with Gasteiger partial charge in [0.05, 0.1) is 0 Å². The van der Waals surface area contributed by atoms with Crippen molar-refractivity contribution in [3.63, 3.8) is 0 Å². The number of aromatic amines is 1. The van der Waals surface area contributed by atoms with Crippen LogP contribution in [0.2, 0.25) is 0 Å². The van der Waals surface area contributed by atoms with E-state index in [0.29, 0.717) is 12.5 Å². The first-order valence-corrected chi connectivity index (χ1v) is 10.5. The van der Waals surface area contributed by atoms with E-state index in [2.05, 4.69) is 83.7 Å². The number of hydrogen-bond acceptors (Lipinski definition) is 1. The van der Waals surface area contributed by atoms with Crippen molar-refractivity contribution in [2.75, 3.05) is 7.05 Å². The smallest absolute Gasteiger partial charge is 0.292 e. The molecular formula is C25H30N3+. The van der Waals surface area contributed by atoms with Crippen molar-refractivity contribution in [2.45, 2.75) is 51.2 Å². The molecule has 2 aromatic carbocycles. The van der Waals surface area contributed by atoms with Gasteiger partial charge >= 0.3 is 0 Å². The molecule has 28 heavy (non-hydrogen) atoms. The number of H-pyrrole nitrogens is 1. The minimum atomic E-state index is 0.274. The van der Waals surface area contributed by atoms with E-state index >= 15 is 0 Å². The molecule has 4 rings (SSSR count). The molecule has 1 N–H and O–H groups in total. The number of hydrogen-bond donors (Lipinski definition) is 1. The molecule has 0 amide bonds. The Morgan fingerprint density at radius 2 is 1.79 bits per heavy atom. The van der Waals surface area contributed by atoms with Gasteiger partial charge in [-0.1, -0.05) is 72.6 Å². The predicted octanol–water partition coefficient (Wildman–Crippen LogP) is 6.08. The minimum absolute atomic E-state index is 0.274. The van der Waals surface area contributed by atoms with Gasteiger partial charge in [-0.2, -0.15) is 0 Å². The molecule has 3 heteroatoms. The van der Waals surface area contributed by atoms with Crippen molar-refractivity contribution >= 4 is 10.9 Å². The molecule has 3 aromatic rings. The van der Waals surface area contributed by atoms with Crippen molar-refractivity contribution < 1.29 is 0 Å². The van der Waals surface area contributed by atoms with Crippen LogP contribution < -0.4 is 0 Å². The van der Waals surface area contributed by atoms with Crippen LogP contribution in [-0.2, 0) is 13.1 Å². The lowest BCUT2D eigenvalue weighted by Gasteiger charge is -2.30. The first-order valence-electron chi connectivity index (χ1n) is 10.5. The molecule has 0 radical (unpaired) electrons. The van der Waals surface area contributed by atoms with Crippen molar-refractivity contribution in [1.82, 2.24) is 9.88 Å². The van der Waals surface area contributed by atoms with Crippen molar-refractivity contribution in [3.05, 3.63) is 76.8 Å². The van der Waals surface area contributed by atoms with Gasteiger partial charge in [0, 0.05) is 23.3 Å². The second-order valence-corrected chi connectivity index (χ2v) is 8.07. The highest BCUT2D eigenvalue weighted by Gasteiger charge is 2.30. The van der Waals surface area contributed by atoms with E-state index in [1.54, 1.807) is 0 Å². The van der Waals surface area contributed by atoms with Crippen LogP contribution >= 0.6 is 0 Å². The third-order valence-electron chi connectivity index (χ3n) is 5.90. The molecule has 0 aliphatic heterocycles. The van der Waals surface area contributed by atoms with E-state index in [-0.39, 0.29) is 6.04 Å². The van der Waals surface area contributed by atoms with Crippen molar-refractivity contribution in [2.24, 2.45) is 5.92 Å². The molecule has 144 valence electrons. The second kappa shape index (κ2) is 9.08. The SMILES string of the molecule is CN(Cc1cc2ccccc2[nH]1)C(C#[N+]Cc1ccccc1)C1CCCCC1. The molecule has 1 saturated carbocycles. The fourth-order valence-electron chi connectivity index (χ4n) is 4.41. The summed E-state index contributed by atoms with van der Waals surface area (Å²) in [4.78, 5) is 10.7. The number of fused-ring (bicyclic) bond motifs is 1. The number of rotatable bonds is 5. The largest absolute Gasteiger partial charge is 0.357 e. The quantitative estimate of drug-likeness (QED) is 0.576. The van der Waals surface area contributed by atoms with E-state index in [1.807, 2.05) is 0 Å². The zero-order chi connectivity index (χ0) is 19.2. The van der Waals surface area contributed by atoms with Gasteiger partial charge in [-0.05, 0) is 43.3 Å². The van der Waals surface area contributed by atoms with Crippen LogP contribution in [0.1, 0.15) is 43.4 Å². The highest BCUT2D eigenvalue weighted by atomic mass is 15.1. The summed E-state index contributed by atoms with van der Waals surface area (Å²) in [5.41, 5.74) is 3.71. The zero-order valence-electron chi connectivity index (χ0n) is 16.8. The summed E-state index contributed by atoms with van der Waals surface area (Å²) in [5, 5.41) is 1.28. The lowest BCUT2D eigenvalue weighted by atomic mass is 9.84. The van der Waals surface area contributed by atoms with Gasteiger partial charge < -0.3 is 4.98 Å². The number of nitrogens with zero attached hydrogens (tertiary/aromatic N) is 2. The summed E-state index contributed by atoms with van der Waals surface area (Å²) in [6.45, 7) is 1.61. The van der Waals surface area contributed by atoms with Gasteiger partial charge in [-0.3, -0.25) is 4.90 Å². The molecule has 0 saturated heterocycles. The van der Waals surface area contributed by atoms with E-state index in [4.69, 9.17) is 4.85 Å². The molecule has 1 heterocycles. The highest BCUT2D eigenvalue weighted by molar-refractivity contribution is 5.80. The Kier molecular flexibility index (Phi) is 6.09. The monoisotopic (exact) mass is 372 g/mol. The van der Waals surface area contributed by atoms with Crippen LogP contribution in [0.15, 0.2) is 60.7 Å². The Morgan fingerprint density at radius 1 is 1.04 bits per heavy atom. The lowest BCUT2D eigenvalue weighted by Crippen LogP contribution is -2.37. The first kappa shape index (κ1) is 18.8. The van der Waals surface area contributed by atoms with E-state index in [1.165, 1.54) is 54.3 Å². The van der Waals surface area contributed by atoms with Crippen LogP contribution in [0.3, 0.4) is 0 Å².